The predicted octanol–water partition coefficient (Wildman–Crippen LogP) is 2.79. The highest BCUT2D eigenvalue weighted by atomic mass is 16.5. The minimum Gasteiger partial charge on any atom is -0.497 e. The van der Waals surface area contributed by atoms with Crippen molar-refractivity contribution in [3.05, 3.63) is 42.0 Å². The Morgan fingerprint density at radius 1 is 1.19 bits per heavy atom. The van der Waals surface area contributed by atoms with E-state index >= 15 is 0 Å². The molecule has 138 valence electrons. The zero-order valence-corrected chi connectivity index (χ0v) is 15.3. The van der Waals surface area contributed by atoms with Gasteiger partial charge in [-0.2, -0.15) is 0 Å². The van der Waals surface area contributed by atoms with E-state index in [4.69, 9.17) is 4.74 Å². The lowest BCUT2D eigenvalue weighted by molar-refractivity contribution is 0.0689. The van der Waals surface area contributed by atoms with Gasteiger partial charge in [0, 0.05) is 31.6 Å². The lowest BCUT2D eigenvalue weighted by Crippen LogP contribution is -2.39. The molecule has 6 heteroatoms. The smallest absolute Gasteiger partial charge is 0.253 e. The van der Waals surface area contributed by atoms with E-state index in [2.05, 4.69) is 14.8 Å². The van der Waals surface area contributed by atoms with Crippen molar-refractivity contribution >= 4 is 5.91 Å². The lowest BCUT2D eigenvalue weighted by atomic mass is 9.93. The van der Waals surface area contributed by atoms with Crippen LogP contribution in [0.25, 0.3) is 0 Å². The fourth-order valence-corrected chi connectivity index (χ4v) is 3.71. The van der Waals surface area contributed by atoms with Gasteiger partial charge in [-0.15, -0.1) is 10.2 Å². The molecule has 2 fully saturated rings. The van der Waals surface area contributed by atoms with Crippen molar-refractivity contribution < 1.29 is 9.53 Å². The first-order valence-corrected chi connectivity index (χ1v) is 9.53. The van der Waals surface area contributed by atoms with Gasteiger partial charge in [-0.1, -0.05) is 6.07 Å². The number of piperidine rings is 1. The summed E-state index contributed by atoms with van der Waals surface area (Å²) in [5, 5.41) is 8.43. The fraction of sp³-hybridized carbons (Fsp3) is 0.550. The van der Waals surface area contributed by atoms with E-state index in [0.29, 0.717) is 11.5 Å². The van der Waals surface area contributed by atoms with Gasteiger partial charge < -0.3 is 14.2 Å². The van der Waals surface area contributed by atoms with Crippen LogP contribution in [0.5, 0.6) is 5.75 Å². The number of amides is 1. The number of hydrogen-bond acceptors (Lipinski definition) is 4. The van der Waals surface area contributed by atoms with Crippen LogP contribution < -0.4 is 4.74 Å². The van der Waals surface area contributed by atoms with Crippen molar-refractivity contribution in [2.75, 3.05) is 20.2 Å². The van der Waals surface area contributed by atoms with Crippen LogP contribution in [0.15, 0.2) is 30.6 Å². The number of nitrogens with zero attached hydrogens (tertiary/aromatic N) is 4. The number of carbonyl (C=O) groups excluding carboxylic acids is 1. The van der Waals surface area contributed by atoms with Gasteiger partial charge in [0.15, 0.2) is 0 Å². The normalized spacial score (nSPS) is 18.1. The number of ether oxygens (including phenoxy) is 1. The van der Waals surface area contributed by atoms with Gasteiger partial charge in [0.2, 0.25) is 0 Å². The van der Waals surface area contributed by atoms with Gasteiger partial charge in [0.1, 0.15) is 17.9 Å². The van der Waals surface area contributed by atoms with Crippen molar-refractivity contribution in [3.8, 4) is 5.75 Å². The molecule has 1 amide bonds. The second-order valence-electron chi connectivity index (χ2n) is 7.51. The zero-order valence-electron chi connectivity index (χ0n) is 15.3. The largest absolute Gasteiger partial charge is 0.497 e. The second-order valence-corrected chi connectivity index (χ2v) is 7.51. The predicted molar refractivity (Wildman–Crippen MR) is 98.1 cm³/mol. The van der Waals surface area contributed by atoms with Gasteiger partial charge in [-0.05, 0) is 55.7 Å². The topological polar surface area (TPSA) is 60.2 Å². The van der Waals surface area contributed by atoms with Crippen LogP contribution >= 0.6 is 0 Å². The Morgan fingerprint density at radius 3 is 2.73 bits per heavy atom. The summed E-state index contributed by atoms with van der Waals surface area (Å²) in [5.41, 5.74) is 0.701. The number of rotatable bonds is 6. The number of hydrogen-bond donors (Lipinski definition) is 0. The molecular formula is C20H26N4O2. The van der Waals surface area contributed by atoms with Crippen molar-refractivity contribution in [2.24, 2.45) is 11.8 Å². The third-order valence-corrected chi connectivity index (χ3v) is 5.54. The van der Waals surface area contributed by atoms with Crippen LogP contribution in [-0.2, 0) is 13.0 Å². The average molecular weight is 354 g/mol. The highest BCUT2D eigenvalue weighted by Gasteiger charge is 2.27. The Balaban J connectivity index is 1.32. The average Bonchev–Trinajstić information content (AvgIpc) is 3.40. The van der Waals surface area contributed by atoms with Crippen LogP contribution in [0, 0.1) is 11.8 Å². The maximum Gasteiger partial charge on any atom is 0.253 e. The Labute approximate surface area is 154 Å². The van der Waals surface area contributed by atoms with E-state index in [0.717, 1.165) is 56.4 Å². The molecule has 2 aliphatic rings. The highest BCUT2D eigenvalue weighted by molar-refractivity contribution is 5.94. The van der Waals surface area contributed by atoms with E-state index in [1.807, 2.05) is 35.5 Å². The van der Waals surface area contributed by atoms with E-state index in [9.17, 15) is 4.79 Å². The van der Waals surface area contributed by atoms with Gasteiger partial charge in [0.05, 0.1) is 7.11 Å². The monoisotopic (exact) mass is 354 g/mol. The molecule has 0 spiro atoms. The quantitative estimate of drug-likeness (QED) is 0.800. The minimum atomic E-state index is 0.0965. The third kappa shape index (κ3) is 3.89. The number of likely N-dealkylation sites (tertiary alicyclic amines) is 1. The number of methoxy groups -OCH3 is 1. The highest BCUT2D eigenvalue weighted by Crippen LogP contribution is 2.31. The summed E-state index contributed by atoms with van der Waals surface area (Å²) in [5.74, 6) is 3.33. The maximum atomic E-state index is 12.7. The number of carbonyl (C=O) groups is 1. The molecule has 6 nitrogen and oxygen atoms in total. The Bertz CT molecular complexity index is 761. The molecule has 26 heavy (non-hydrogen) atoms. The first kappa shape index (κ1) is 17.1. The summed E-state index contributed by atoms with van der Waals surface area (Å²) in [6.45, 7) is 2.67. The Kier molecular flexibility index (Phi) is 4.91. The fourth-order valence-electron chi connectivity index (χ4n) is 3.71. The zero-order chi connectivity index (χ0) is 17.9. The molecule has 0 atom stereocenters. The summed E-state index contributed by atoms with van der Waals surface area (Å²) in [6, 6.07) is 7.40. The van der Waals surface area contributed by atoms with Crippen molar-refractivity contribution in [2.45, 2.75) is 38.6 Å². The Hall–Kier alpha value is -2.37. The molecule has 0 unspecified atom stereocenters. The van der Waals surface area contributed by atoms with Crippen LogP contribution in [0.2, 0.25) is 0 Å². The molecule has 2 aromatic rings. The van der Waals surface area contributed by atoms with Crippen LogP contribution in [-0.4, -0.2) is 45.8 Å². The SMILES string of the molecule is COc1cccc(C(=O)N2CCC(Cc3nncn3CC3CC3)CC2)c1. The summed E-state index contributed by atoms with van der Waals surface area (Å²) in [7, 11) is 1.62. The molecular weight excluding hydrogens is 328 g/mol. The summed E-state index contributed by atoms with van der Waals surface area (Å²) in [6.07, 6.45) is 7.55. The summed E-state index contributed by atoms with van der Waals surface area (Å²) >= 11 is 0. The number of benzene rings is 1. The molecule has 0 N–H and O–H groups in total. The lowest BCUT2D eigenvalue weighted by Gasteiger charge is -2.32. The molecule has 1 aromatic heterocycles. The molecule has 1 saturated carbocycles. The number of aromatic nitrogens is 3. The van der Waals surface area contributed by atoms with Gasteiger partial charge in [-0.25, -0.2) is 0 Å². The van der Waals surface area contributed by atoms with Crippen molar-refractivity contribution in [1.29, 1.82) is 0 Å². The van der Waals surface area contributed by atoms with Crippen molar-refractivity contribution in [3.63, 3.8) is 0 Å². The van der Waals surface area contributed by atoms with Crippen LogP contribution in [0.3, 0.4) is 0 Å². The first-order valence-electron chi connectivity index (χ1n) is 9.53. The molecule has 2 heterocycles. The molecule has 1 saturated heterocycles. The maximum absolute atomic E-state index is 12.7. The van der Waals surface area contributed by atoms with Crippen LogP contribution in [0.1, 0.15) is 41.9 Å². The minimum absolute atomic E-state index is 0.0965. The standard InChI is InChI=1S/C20H26N4O2/c1-26-18-4-2-3-17(12-18)20(25)23-9-7-15(8-10-23)11-19-22-21-14-24(19)13-16-5-6-16/h2-4,12,14-16H,5-11,13H2,1H3. The summed E-state index contributed by atoms with van der Waals surface area (Å²) < 4.78 is 7.45. The van der Waals surface area contributed by atoms with Crippen LogP contribution in [0.4, 0.5) is 0 Å². The first-order chi connectivity index (χ1) is 12.7. The third-order valence-electron chi connectivity index (χ3n) is 5.54. The second kappa shape index (κ2) is 7.48. The molecule has 1 aliphatic heterocycles. The molecule has 4 rings (SSSR count). The van der Waals surface area contributed by atoms with E-state index in [1.54, 1.807) is 7.11 Å². The molecule has 0 radical (unpaired) electrons. The van der Waals surface area contributed by atoms with Gasteiger partial charge in [0.25, 0.3) is 5.91 Å². The van der Waals surface area contributed by atoms with Crippen molar-refractivity contribution in [1.82, 2.24) is 19.7 Å². The molecule has 1 aliphatic carbocycles. The summed E-state index contributed by atoms with van der Waals surface area (Å²) in [4.78, 5) is 14.7. The molecule has 1 aromatic carbocycles. The van der Waals surface area contributed by atoms with Gasteiger partial charge in [-0.3, -0.25) is 4.79 Å². The Morgan fingerprint density at radius 2 is 2.00 bits per heavy atom. The van der Waals surface area contributed by atoms with E-state index in [1.165, 1.54) is 12.8 Å². The van der Waals surface area contributed by atoms with E-state index in [-0.39, 0.29) is 5.91 Å². The molecule has 0 bridgehead atoms. The van der Waals surface area contributed by atoms with Gasteiger partial charge >= 0.3 is 0 Å². The van der Waals surface area contributed by atoms with E-state index < -0.39 is 0 Å².